The summed E-state index contributed by atoms with van der Waals surface area (Å²) < 4.78 is 9.14. The van der Waals surface area contributed by atoms with Crippen molar-refractivity contribution in [1.29, 1.82) is 0 Å². The van der Waals surface area contributed by atoms with E-state index in [0.29, 0.717) is 52.9 Å². The maximum atomic E-state index is 14.3. The van der Waals surface area contributed by atoms with Crippen LogP contribution in [-0.4, -0.2) is 63.7 Å². The predicted octanol–water partition coefficient (Wildman–Crippen LogP) is 3.40. The van der Waals surface area contributed by atoms with Crippen molar-refractivity contribution in [3.63, 3.8) is 0 Å². The number of aromatic nitrogens is 4. The molecule has 3 aliphatic rings. The SMILES string of the molecule is CC(=O)OCc1nccc(-c2c(Nc3ccc(N4CCNCC4)cn3)ccc(=O)n2C)c1N1CCn2c(cc3c2CCCC3)C1=O. The van der Waals surface area contributed by atoms with Crippen LogP contribution in [0.4, 0.5) is 22.9 Å². The molecule has 0 atom stereocenters. The Morgan fingerprint density at radius 2 is 1.83 bits per heavy atom. The number of ether oxygens (including phenoxy) is 1. The second-order valence-corrected chi connectivity index (χ2v) is 12.0. The van der Waals surface area contributed by atoms with E-state index >= 15 is 0 Å². The van der Waals surface area contributed by atoms with Gasteiger partial charge in [0.05, 0.1) is 29.0 Å². The van der Waals surface area contributed by atoms with Gasteiger partial charge >= 0.3 is 5.97 Å². The maximum absolute atomic E-state index is 14.3. The highest BCUT2D eigenvalue weighted by atomic mass is 16.5. The number of esters is 1. The van der Waals surface area contributed by atoms with E-state index in [9.17, 15) is 14.4 Å². The molecule has 238 valence electrons. The van der Waals surface area contributed by atoms with Gasteiger partial charge in [0.15, 0.2) is 0 Å². The molecule has 0 bridgehead atoms. The molecule has 0 saturated carbocycles. The number of carbonyl (C=O) groups excluding carboxylic acids is 2. The van der Waals surface area contributed by atoms with Gasteiger partial charge in [0, 0.05) is 76.8 Å². The van der Waals surface area contributed by atoms with Crippen LogP contribution in [0.3, 0.4) is 0 Å². The van der Waals surface area contributed by atoms with Crippen molar-refractivity contribution in [3.8, 4) is 11.3 Å². The zero-order valence-electron chi connectivity index (χ0n) is 26.2. The quantitative estimate of drug-likeness (QED) is 0.298. The Balaban J connectivity index is 1.30. The Hall–Kier alpha value is -4.97. The largest absolute Gasteiger partial charge is 0.459 e. The first-order chi connectivity index (χ1) is 22.4. The van der Waals surface area contributed by atoms with E-state index in [-0.39, 0.29) is 18.1 Å². The maximum Gasteiger partial charge on any atom is 0.303 e. The summed E-state index contributed by atoms with van der Waals surface area (Å²) in [6, 6.07) is 11.0. The summed E-state index contributed by atoms with van der Waals surface area (Å²) in [4.78, 5) is 52.5. The summed E-state index contributed by atoms with van der Waals surface area (Å²) in [6.45, 7) is 5.99. The lowest BCUT2D eigenvalue weighted by Crippen LogP contribution is -2.43. The average molecular weight is 623 g/mol. The smallest absolute Gasteiger partial charge is 0.303 e. The van der Waals surface area contributed by atoms with E-state index in [1.807, 2.05) is 24.4 Å². The monoisotopic (exact) mass is 622 g/mol. The van der Waals surface area contributed by atoms with Gasteiger partial charge in [-0.2, -0.15) is 0 Å². The van der Waals surface area contributed by atoms with Crippen LogP contribution in [0.25, 0.3) is 11.3 Å². The molecule has 1 saturated heterocycles. The lowest BCUT2D eigenvalue weighted by molar-refractivity contribution is -0.142. The molecule has 0 unspecified atom stereocenters. The fourth-order valence-corrected chi connectivity index (χ4v) is 6.89. The molecule has 7 rings (SSSR count). The van der Waals surface area contributed by atoms with Crippen molar-refractivity contribution in [2.24, 2.45) is 7.05 Å². The Morgan fingerprint density at radius 1 is 1.00 bits per heavy atom. The zero-order chi connectivity index (χ0) is 31.8. The molecule has 0 spiro atoms. The first-order valence-electron chi connectivity index (χ1n) is 15.9. The van der Waals surface area contributed by atoms with Gasteiger partial charge in [0.2, 0.25) is 0 Å². The number of amides is 1. The highest BCUT2D eigenvalue weighted by molar-refractivity contribution is 6.09. The summed E-state index contributed by atoms with van der Waals surface area (Å²) in [5.74, 6) is 0.0287. The van der Waals surface area contributed by atoms with E-state index in [1.165, 1.54) is 24.2 Å². The number of fused-ring (bicyclic) bond motifs is 3. The van der Waals surface area contributed by atoms with E-state index in [2.05, 4.69) is 30.1 Å². The molecule has 1 aliphatic carbocycles. The number of hydrogen-bond acceptors (Lipinski definition) is 9. The highest BCUT2D eigenvalue weighted by Gasteiger charge is 2.34. The summed E-state index contributed by atoms with van der Waals surface area (Å²) in [6.07, 6.45) is 7.67. The molecule has 12 heteroatoms. The molecule has 2 N–H and O–H groups in total. The third-order valence-corrected chi connectivity index (χ3v) is 9.16. The lowest BCUT2D eigenvalue weighted by Gasteiger charge is -2.32. The van der Waals surface area contributed by atoms with Crippen molar-refractivity contribution in [2.75, 3.05) is 47.8 Å². The summed E-state index contributed by atoms with van der Waals surface area (Å²) in [7, 11) is 1.71. The van der Waals surface area contributed by atoms with Crippen molar-refractivity contribution >= 4 is 34.8 Å². The molecule has 4 aromatic rings. The number of carbonyl (C=O) groups is 2. The average Bonchev–Trinajstić information content (AvgIpc) is 3.46. The second-order valence-electron chi connectivity index (χ2n) is 12.0. The molecule has 0 radical (unpaired) electrons. The van der Waals surface area contributed by atoms with Crippen LogP contribution < -0.4 is 26.0 Å². The first-order valence-corrected chi connectivity index (χ1v) is 15.9. The van der Waals surface area contributed by atoms with Gasteiger partial charge in [-0.25, -0.2) is 4.98 Å². The van der Waals surface area contributed by atoms with Gasteiger partial charge in [-0.15, -0.1) is 0 Å². The number of nitrogens with zero attached hydrogens (tertiary/aromatic N) is 6. The molecule has 2 aliphatic heterocycles. The molecular weight excluding hydrogens is 584 g/mol. The number of hydrogen-bond donors (Lipinski definition) is 2. The Morgan fingerprint density at radius 3 is 2.61 bits per heavy atom. The number of nitrogens with one attached hydrogen (secondary N) is 2. The number of anilines is 4. The Labute approximate surface area is 267 Å². The van der Waals surface area contributed by atoms with E-state index < -0.39 is 5.97 Å². The van der Waals surface area contributed by atoms with Gasteiger partial charge in [-0.05, 0) is 61.6 Å². The van der Waals surface area contributed by atoms with Crippen LogP contribution in [0, 0.1) is 0 Å². The third kappa shape index (κ3) is 5.53. The van der Waals surface area contributed by atoms with Crippen LogP contribution in [0.15, 0.2) is 53.6 Å². The Bertz CT molecular complexity index is 1860. The molecule has 1 fully saturated rings. The topological polar surface area (TPSA) is 127 Å². The van der Waals surface area contributed by atoms with E-state index in [1.54, 1.807) is 34.8 Å². The van der Waals surface area contributed by atoms with Crippen LogP contribution in [0.2, 0.25) is 0 Å². The van der Waals surface area contributed by atoms with Crippen LogP contribution in [-0.2, 0) is 42.6 Å². The van der Waals surface area contributed by atoms with Gasteiger partial charge in [-0.3, -0.25) is 19.4 Å². The van der Waals surface area contributed by atoms with Crippen molar-refractivity contribution in [3.05, 3.63) is 81.8 Å². The standard InChI is InChI=1S/C34H38N8O4/c1-22(43)46-21-27-33(42-18-17-41-28-6-4-3-5-23(28)19-29(41)34(42)45)25(11-12-36-27)32-26(8-10-31(44)39(32)2)38-30-9-7-24(20-37-30)40-15-13-35-14-16-40/h7-12,19-20,35H,3-6,13-18,21H2,1-2H3,(H,37,38). The number of rotatable bonds is 7. The predicted molar refractivity (Wildman–Crippen MR) is 176 cm³/mol. The lowest BCUT2D eigenvalue weighted by atomic mass is 9.98. The molecule has 1 amide bonds. The van der Waals surface area contributed by atoms with Gasteiger partial charge < -0.3 is 34.3 Å². The molecule has 12 nitrogen and oxygen atoms in total. The summed E-state index contributed by atoms with van der Waals surface area (Å²) in [5, 5.41) is 6.78. The van der Waals surface area contributed by atoms with Gasteiger partial charge in [0.1, 0.15) is 23.8 Å². The second kappa shape index (κ2) is 12.4. The summed E-state index contributed by atoms with van der Waals surface area (Å²) in [5.41, 5.74) is 6.78. The van der Waals surface area contributed by atoms with Gasteiger partial charge in [-0.1, -0.05) is 0 Å². The van der Waals surface area contributed by atoms with Crippen LogP contribution in [0.1, 0.15) is 47.2 Å². The van der Waals surface area contributed by atoms with Crippen molar-refractivity contribution < 1.29 is 14.3 Å². The number of pyridine rings is 3. The first kappa shape index (κ1) is 29.7. The van der Waals surface area contributed by atoms with Crippen molar-refractivity contribution in [2.45, 2.75) is 45.8 Å². The fraction of sp³-hybridized carbons (Fsp3) is 0.382. The number of aryl methyl sites for hydroxylation is 1. The molecule has 6 heterocycles. The van der Waals surface area contributed by atoms with Gasteiger partial charge in [0.25, 0.3) is 11.5 Å². The molecule has 46 heavy (non-hydrogen) atoms. The highest BCUT2D eigenvalue weighted by Crippen LogP contribution is 2.40. The Kier molecular flexibility index (Phi) is 8.03. The van der Waals surface area contributed by atoms with Crippen LogP contribution in [0.5, 0.6) is 0 Å². The zero-order valence-corrected chi connectivity index (χ0v) is 26.2. The molecule has 4 aromatic heterocycles. The fourth-order valence-electron chi connectivity index (χ4n) is 6.89. The summed E-state index contributed by atoms with van der Waals surface area (Å²) >= 11 is 0. The van der Waals surface area contributed by atoms with E-state index in [0.717, 1.165) is 57.5 Å². The molecular formula is C34H38N8O4. The molecule has 0 aromatic carbocycles. The minimum absolute atomic E-state index is 0.113. The van der Waals surface area contributed by atoms with E-state index in [4.69, 9.17) is 4.74 Å². The minimum Gasteiger partial charge on any atom is -0.459 e. The third-order valence-electron chi connectivity index (χ3n) is 9.16. The minimum atomic E-state index is -0.450. The van der Waals surface area contributed by atoms with Crippen LogP contribution >= 0.6 is 0 Å². The van der Waals surface area contributed by atoms with Crippen molar-refractivity contribution in [1.82, 2.24) is 24.4 Å². The number of piperazine rings is 1. The normalized spacial score (nSPS) is 16.2.